The molecule has 1 amide bonds. The fourth-order valence-corrected chi connectivity index (χ4v) is 2.25. The summed E-state index contributed by atoms with van der Waals surface area (Å²) in [7, 11) is 3.61. The van der Waals surface area contributed by atoms with E-state index in [1.165, 1.54) is 0 Å². The molecule has 0 saturated carbocycles. The van der Waals surface area contributed by atoms with Crippen LogP contribution >= 0.6 is 0 Å². The lowest BCUT2D eigenvalue weighted by molar-refractivity contribution is 0.0951. The Hall–Kier alpha value is -3.29. The second-order valence-electron chi connectivity index (χ2n) is 5.37. The van der Waals surface area contributed by atoms with Gasteiger partial charge >= 0.3 is 0 Å². The number of amides is 1. The van der Waals surface area contributed by atoms with Crippen molar-refractivity contribution in [3.8, 4) is 0 Å². The number of nitrogens with zero attached hydrogens (tertiary/aromatic N) is 5. The number of fused-ring (bicyclic) bond motifs is 1. The SMILES string of the molecule is CN(C)c1nc(N)nc(CNC(=O)c2cccc3cccnc23)n1. The Balaban J connectivity index is 1.80. The molecule has 1 aromatic carbocycles. The van der Waals surface area contributed by atoms with Crippen molar-refractivity contribution < 1.29 is 4.79 Å². The smallest absolute Gasteiger partial charge is 0.253 e. The predicted molar refractivity (Wildman–Crippen MR) is 91.5 cm³/mol. The highest BCUT2D eigenvalue weighted by Gasteiger charge is 2.12. The Kier molecular flexibility index (Phi) is 4.19. The summed E-state index contributed by atoms with van der Waals surface area (Å²) in [6.45, 7) is 0.148. The maximum absolute atomic E-state index is 12.5. The molecular formula is C16H17N7O. The van der Waals surface area contributed by atoms with Gasteiger partial charge in [0.05, 0.1) is 17.6 Å². The molecule has 122 valence electrons. The number of benzene rings is 1. The van der Waals surface area contributed by atoms with Crippen molar-refractivity contribution in [1.82, 2.24) is 25.3 Å². The highest BCUT2D eigenvalue weighted by molar-refractivity contribution is 6.05. The Morgan fingerprint density at radius 3 is 2.75 bits per heavy atom. The van der Waals surface area contributed by atoms with Gasteiger partial charge in [-0.1, -0.05) is 18.2 Å². The first-order chi connectivity index (χ1) is 11.5. The first-order valence-corrected chi connectivity index (χ1v) is 7.34. The number of nitrogen functional groups attached to an aromatic ring is 1. The van der Waals surface area contributed by atoms with Crippen LogP contribution < -0.4 is 16.0 Å². The van der Waals surface area contributed by atoms with Crippen LogP contribution in [0.3, 0.4) is 0 Å². The molecule has 0 aliphatic carbocycles. The van der Waals surface area contributed by atoms with Gasteiger partial charge in [0.1, 0.15) is 0 Å². The van der Waals surface area contributed by atoms with Crippen LogP contribution in [-0.4, -0.2) is 39.9 Å². The van der Waals surface area contributed by atoms with Crippen molar-refractivity contribution in [1.29, 1.82) is 0 Å². The number of carbonyl (C=O) groups excluding carboxylic acids is 1. The number of hydrogen-bond donors (Lipinski definition) is 2. The van der Waals surface area contributed by atoms with Crippen molar-refractivity contribution >= 4 is 28.7 Å². The van der Waals surface area contributed by atoms with Gasteiger partial charge in [0, 0.05) is 25.7 Å². The zero-order valence-corrected chi connectivity index (χ0v) is 13.4. The minimum absolute atomic E-state index is 0.116. The summed E-state index contributed by atoms with van der Waals surface area (Å²) in [6.07, 6.45) is 1.66. The molecule has 0 fully saturated rings. The van der Waals surface area contributed by atoms with Gasteiger partial charge in [-0.3, -0.25) is 9.78 Å². The summed E-state index contributed by atoms with van der Waals surface area (Å²) in [4.78, 5) is 30.8. The number of hydrogen-bond acceptors (Lipinski definition) is 7. The maximum atomic E-state index is 12.5. The molecule has 0 bridgehead atoms. The van der Waals surface area contributed by atoms with E-state index in [1.54, 1.807) is 31.3 Å². The number of para-hydroxylation sites is 1. The van der Waals surface area contributed by atoms with E-state index < -0.39 is 0 Å². The molecule has 0 unspecified atom stereocenters. The number of rotatable bonds is 4. The fraction of sp³-hybridized carbons (Fsp3) is 0.188. The Morgan fingerprint density at radius 2 is 1.96 bits per heavy atom. The topological polar surface area (TPSA) is 110 Å². The van der Waals surface area contributed by atoms with Gasteiger partial charge in [0.15, 0.2) is 5.82 Å². The minimum atomic E-state index is -0.246. The van der Waals surface area contributed by atoms with Gasteiger partial charge < -0.3 is 16.0 Å². The summed E-state index contributed by atoms with van der Waals surface area (Å²) in [5.74, 6) is 0.709. The van der Waals surface area contributed by atoms with Crippen LogP contribution in [0, 0.1) is 0 Å². The van der Waals surface area contributed by atoms with Gasteiger partial charge in [-0.05, 0) is 12.1 Å². The predicted octanol–water partition coefficient (Wildman–Crippen LogP) is 0.998. The highest BCUT2D eigenvalue weighted by Crippen LogP contribution is 2.15. The molecule has 0 saturated heterocycles. The van der Waals surface area contributed by atoms with Crippen LogP contribution in [0.15, 0.2) is 36.5 Å². The van der Waals surface area contributed by atoms with E-state index in [2.05, 4.69) is 25.3 Å². The molecule has 0 spiro atoms. The molecule has 8 nitrogen and oxygen atoms in total. The number of pyridine rings is 1. The summed E-state index contributed by atoms with van der Waals surface area (Å²) in [5, 5.41) is 3.70. The molecule has 8 heteroatoms. The number of carbonyl (C=O) groups is 1. The molecule has 0 aliphatic heterocycles. The third-order valence-corrected chi connectivity index (χ3v) is 3.37. The molecule has 2 heterocycles. The zero-order chi connectivity index (χ0) is 17.1. The Morgan fingerprint density at radius 1 is 1.17 bits per heavy atom. The average molecular weight is 323 g/mol. The fourth-order valence-electron chi connectivity index (χ4n) is 2.25. The second kappa shape index (κ2) is 6.45. The molecule has 0 radical (unpaired) electrons. The molecular weight excluding hydrogens is 306 g/mol. The summed E-state index contributed by atoms with van der Waals surface area (Å²) in [5.41, 5.74) is 6.83. The van der Waals surface area contributed by atoms with Gasteiger partial charge in [-0.15, -0.1) is 0 Å². The normalized spacial score (nSPS) is 10.6. The number of aromatic nitrogens is 4. The first kappa shape index (κ1) is 15.6. The third-order valence-electron chi connectivity index (χ3n) is 3.37. The lowest BCUT2D eigenvalue weighted by Gasteiger charge is -2.12. The molecule has 2 aromatic heterocycles. The van der Waals surface area contributed by atoms with Gasteiger partial charge in [0.2, 0.25) is 11.9 Å². The molecule has 3 rings (SSSR count). The Bertz CT molecular complexity index is 889. The van der Waals surface area contributed by atoms with Crippen molar-refractivity contribution in [3.05, 3.63) is 47.9 Å². The molecule has 0 aliphatic rings. The van der Waals surface area contributed by atoms with Crippen LogP contribution in [0.1, 0.15) is 16.2 Å². The average Bonchev–Trinajstić information content (AvgIpc) is 2.58. The van der Waals surface area contributed by atoms with Gasteiger partial charge in [0.25, 0.3) is 5.91 Å². The third kappa shape index (κ3) is 3.22. The van der Waals surface area contributed by atoms with Crippen LogP contribution in [0.25, 0.3) is 10.9 Å². The van der Waals surface area contributed by atoms with Crippen LogP contribution in [0.4, 0.5) is 11.9 Å². The van der Waals surface area contributed by atoms with E-state index in [1.807, 2.05) is 24.3 Å². The summed E-state index contributed by atoms with van der Waals surface area (Å²) >= 11 is 0. The molecule has 3 aromatic rings. The zero-order valence-electron chi connectivity index (χ0n) is 13.4. The Labute approximate surface area is 138 Å². The summed E-state index contributed by atoms with van der Waals surface area (Å²) < 4.78 is 0. The number of nitrogens with two attached hydrogens (primary N) is 1. The van der Waals surface area contributed by atoms with E-state index in [4.69, 9.17) is 5.73 Å². The first-order valence-electron chi connectivity index (χ1n) is 7.34. The standard InChI is InChI=1S/C16H17N7O/c1-23(2)16-21-12(20-15(17)22-16)9-19-14(24)11-7-3-5-10-6-4-8-18-13(10)11/h3-8H,9H2,1-2H3,(H,19,24)(H2,17,20,21,22). The lowest BCUT2D eigenvalue weighted by Crippen LogP contribution is -2.25. The van der Waals surface area contributed by atoms with Crippen molar-refractivity contribution in [2.75, 3.05) is 24.7 Å². The van der Waals surface area contributed by atoms with E-state index >= 15 is 0 Å². The number of anilines is 2. The van der Waals surface area contributed by atoms with E-state index in [0.29, 0.717) is 22.9 Å². The second-order valence-corrected chi connectivity index (χ2v) is 5.37. The largest absolute Gasteiger partial charge is 0.368 e. The molecule has 24 heavy (non-hydrogen) atoms. The number of nitrogens with one attached hydrogen (secondary N) is 1. The summed E-state index contributed by atoms with van der Waals surface area (Å²) in [6, 6.07) is 9.21. The molecule has 0 atom stereocenters. The van der Waals surface area contributed by atoms with Crippen LogP contribution in [0.5, 0.6) is 0 Å². The van der Waals surface area contributed by atoms with Crippen molar-refractivity contribution in [2.45, 2.75) is 6.54 Å². The quantitative estimate of drug-likeness (QED) is 0.737. The van der Waals surface area contributed by atoms with E-state index in [9.17, 15) is 4.79 Å². The van der Waals surface area contributed by atoms with Crippen LogP contribution in [0.2, 0.25) is 0 Å². The lowest BCUT2D eigenvalue weighted by atomic mass is 10.1. The van der Waals surface area contributed by atoms with E-state index in [0.717, 1.165) is 5.39 Å². The minimum Gasteiger partial charge on any atom is -0.368 e. The molecule has 3 N–H and O–H groups in total. The van der Waals surface area contributed by atoms with Crippen LogP contribution in [-0.2, 0) is 6.54 Å². The van der Waals surface area contributed by atoms with Crippen molar-refractivity contribution in [2.24, 2.45) is 0 Å². The maximum Gasteiger partial charge on any atom is 0.253 e. The van der Waals surface area contributed by atoms with E-state index in [-0.39, 0.29) is 18.4 Å². The van der Waals surface area contributed by atoms with Crippen molar-refractivity contribution in [3.63, 3.8) is 0 Å². The monoisotopic (exact) mass is 323 g/mol. The van der Waals surface area contributed by atoms with Gasteiger partial charge in [-0.25, -0.2) is 0 Å². The van der Waals surface area contributed by atoms with Gasteiger partial charge in [-0.2, -0.15) is 15.0 Å². The highest BCUT2D eigenvalue weighted by atomic mass is 16.1.